The van der Waals surface area contributed by atoms with Crippen LogP contribution in [-0.2, 0) is 12.8 Å². The highest BCUT2D eigenvalue weighted by atomic mass is 15.1. The highest BCUT2D eigenvalue weighted by molar-refractivity contribution is 5.28. The van der Waals surface area contributed by atoms with Crippen LogP contribution >= 0.6 is 0 Å². The lowest BCUT2D eigenvalue weighted by Gasteiger charge is -2.20. The second-order valence-electron chi connectivity index (χ2n) is 4.83. The van der Waals surface area contributed by atoms with Gasteiger partial charge in [-0.1, -0.05) is 30.8 Å². The Bertz CT molecular complexity index is 357. The molecule has 2 rings (SSSR count). The molecule has 2 heteroatoms. The normalized spacial score (nSPS) is 16.3. The summed E-state index contributed by atoms with van der Waals surface area (Å²) >= 11 is 0. The van der Waals surface area contributed by atoms with E-state index in [-0.39, 0.29) is 0 Å². The predicted octanol–water partition coefficient (Wildman–Crippen LogP) is 1.86. The minimum absolute atomic E-state index is 0.920. The van der Waals surface area contributed by atoms with Crippen LogP contribution in [0.1, 0.15) is 11.1 Å². The van der Waals surface area contributed by atoms with E-state index in [9.17, 15) is 0 Å². The van der Waals surface area contributed by atoms with E-state index in [2.05, 4.69) is 41.1 Å². The van der Waals surface area contributed by atoms with Gasteiger partial charge in [0.25, 0.3) is 0 Å². The van der Waals surface area contributed by atoms with Crippen molar-refractivity contribution < 1.29 is 0 Å². The van der Waals surface area contributed by atoms with E-state index in [0.29, 0.717) is 0 Å². The standard InChI is InChI=1S/C15H22N2/c1-13(11-16-2)12-17-9-7-14-5-3-4-6-15(14)8-10-17/h3-6,16H,1,7-12H2,2H3. The van der Waals surface area contributed by atoms with Gasteiger partial charge in [-0.2, -0.15) is 0 Å². The van der Waals surface area contributed by atoms with E-state index >= 15 is 0 Å². The summed E-state index contributed by atoms with van der Waals surface area (Å²) in [5.74, 6) is 0. The molecule has 2 nitrogen and oxygen atoms in total. The van der Waals surface area contributed by atoms with Crippen molar-refractivity contribution in [2.24, 2.45) is 0 Å². The Kier molecular flexibility index (Phi) is 4.35. The summed E-state index contributed by atoms with van der Waals surface area (Å²) in [6.45, 7) is 8.36. The first-order valence-corrected chi connectivity index (χ1v) is 6.40. The van der Waals surface area contributed by atoms with Gasteiger partial charge in [-0.25, -0.2) is 0 Å². The molecule has 0 aliphatic carbocycles. The average molecular weight is 230 g/mol. The Morgan fingerprint density at radius 3 is 2.35 bits per heavy atom. The second kappa shape index (κ2) is 5.99. The van der Waals surface area contributed by atoms with Crippen LogP contribution in [0.25, 0.3) is 0 Å². The van der Waals surface area contributed by atoms with Crippen LogP contribution in [-0.4, -0.2) is 38.1 Å². The quantitative estimate of drug-likeness (QED) is 0.794. The Morgan fingerprint density at radius 2 is 1.82 bits per heavy atom. The molecule has 0 radical (unpaired) electrons. The van der Waals surface area contributed by atoms with Gasteiger partial charge in [-0.3, -0.25) is 4.90 Å². The zero-order valence-corrected chi connectivity index (χ0v) is 10.7. The van der Waals surface area contributed by atoms with Crippen molar-refractivity contribution in [1.82, 2.24) is 10.2 Å². The fourth-order valence-electron chi connectivity index (χ4n) is 2.49. The van der Waals surface area contributed by atoms with Crippen LogP contribution in [0.3, 0.4) is 0 Å². The van der Waals surface area contributed by atoms with E-state index in [1.54, 1.807) is 0 Å². The molecule has 1 aliphatic heterocycles. The molecule has 0 unspecified atom stereocenters. The molecule has 0 bridgehead atoms. The molecule has 0 aromatic heterocycles. The molecule has 1 aromatic carbocycles. The van der Waals surface area contributed by atoms with E-state index in [4.69, 9.17) is 0 Å². The van der Waals surface area contributed by atoms with Crippen LogP contribution in [0.15, 0.2) is 36.4 Å². The first kappa shape index (κ1) is 12.3. The van der Waals surface area contributed by atoms with Crippen LogP contribution in [0.4, 0.5) is 0 Å². The Labute approximate surface area is 104 Å². The third-order valence-electron chi connectivity index (χ3n) is 3.39. The van der Waals surface area contributed by atoms with Gasteiger partial charge in [0.05, 0.1) is 0 Å². The monoisotopic (exact) mass is 230 g/mol. The van der Waals surface area contributed by atoms with Crippen molar-refractivity contribution in [2.75, 3.05) is 33.2 Å². The number of rotatable bonds is 4. The van der Waals surface area contributed by atoms with Gasteiger partial charge >= 0.3 is 0 Å². The average Bonchev–Trinajstić information content (AvgIpc) is 2.53. The molecule has 92 valence electrons. The van der Waals surface area contributed by atoms with Crippen molar-refractivity contribution in [3.05, 3.63) is 47.5 Å². The minimum Gasteiger partial charge on any atom is -0.316 e. The Morgan fingerprint density at radius 1 is 1.24 bits per heavy atom. The van der Waals surface area contributed by atoms with Gasteiger partial charge in [0.15, 0.2) is 0 Å². The summed E-state index contributed by atoms with van der Waals surface area (Å²) in [7, 11) is 1.98. The molecule has 0 fully saturated rings. The topological polar surface area (TPSA) is 15.3 Å². The van der Waals surface area contributed by atoms with Gasteiger partial charge in [0.2, 0.25) is 0 Å². The van der Waals surface area contributed by atoms with Crippen molar-refractivity contribution in [2.45, 2.75) is 12.8 Å². The predicted molar refractivity (Wildman–Crippen MR) is 73.4 cm³/mol. The van der Waals surface area contributed by atoms with Crippen LogP contribution in [0, 0.1) is 0 Å². The zero-order valence-electron chi connectivity index (χ0n) is 10.7. The van der Waals surface area contributed by atoms with Gasteiger partial charge < -0.3 is 5.32 Å². The lowest BCUT2D eigenvalue weighted by molar-refractivity contribution is 0.310. The first-order chi connectivity index (χ1) is 8.29. The van der Waals surface area contributed by atoms with Gasteiger partial charge in [-0.05, 0) is 36.6 Å². The SMILES string of the molecule is C=C(CNC)CN1CCc2ccccc2CC1. The molecule has 1 heterocycles. The molecule has 0 saturated heterocycles. The van der Waals surface area contributed by atoms with Crippen molar-refractivity contribution in [3.8, 4) is 0 Å². The molecular formula is C15H22N2. The third-order valence-corrected chi connectivity index (χ3v) is 3.39. The van der Waals surface area contributed by atoms with E-state index in [1.807, 2.05) is 7.05 Å². The minimum atomic E-state index is 0.920. The summed E-state index contributed by atoms with van der Waals surface area (Å²) in [5.41, 5.74) is 4.32. The molecule has 0 saturated carbocycles. The molecule has 0 atom stereocenters. The summed E-state index contributed by atoms with van der Waals surface area (Å²) < 4.78 is 0. The lowest BCUT2D eigenvalue weighted by Crippen LogP contribution is -2.30. The number of benzene rings is 1. The molecule has 1 aliphatic rings. The van der Waals surface area contributed by atoms with E-state index in [0.717, 1.165) is 26.2 Å². The molecule has 0 spiro atoms. The highest BCUT2D eigenvalue weighted by Gasteiger charge is 2.13. The van der Waals surface area contributed by atoms with Gasteiger partial charge in [0, 0.05) is 26.2 Å². The number of nitrogens with one attached hydrogen (secondary N) is 1. The maximum Gasteiger partial charge on any atom is 0.0203 e. The molecule has 1 aromatic rings. The van der Waals surface area contributed by atoms with Crippen molar-refractivity contribution >= 4 is 0 Å². The highest BCUT2D eigenvalue weighted by Crippen LogP contribution is 2.15. The fourth-order valence-corrected chi connectivity index (χ4v) is 2.49. The molecule has 0 amide bonds. The van der Waals surface area contributed by atoms with Gasteiger partial charge in [-0.15, -0.1) is 0 Å². The molecular weight excluding hydrogens is 208 g/mol. The second-order valence-corrected chi connectivity index (χ2v) is 4.83. The summed E-state index contributed by atoms with van der Waals surface area (Å²) in [6, 6.07) is 8.82. The summed E-state index contributed by atoms with van der Waals surface area (Å²) in [4.78, 5) is 2.51. The van der Waals surface area contributed by atoms with Crippen molar-refractivity contribution in [1.29, 1.82) is 0 Å². The molecule has 1 N–H and O–H groups in total. The number of likely N-dealkylation sites (N-methyl/N-ethyl adjacent to an activating group) is 1. The van der Waals surface area contributed by atoms with Crippen LogP contribution in [0.5, 0.6) is 0 Å². The number of hydrogen-bond acceptors (Lipinski definition) is 2. The van der Waals surface area contributed by atoms with E-state index < -0.39 is 0 Å². The molecule has 17 heavy (non-hydrogen) atoms. The Hall–Kier alpha value is -1.12. The maximum absolute atomic E-state index is 4.11. The lowest BCUT2D eigenvalue weighted by atomic mass is 10.0. The summed E-state index contributed by atoms with van der Waals surface area (Å²) in [5, 5.41) is 3.16. The van der Waals surface area contributed by atoms with Crippen molar-refractivity contribution in [3.63, 3.8) is 0 Å². The maximum atomic E-state index is 4.11. The number of hydrogen-bond donors (Lipinski definition) is 1. The Balaban J connectivity index is 1.93. The van der Waals surface area contributed by atoms with Crippen LogP contribution < -0.4 is 5.32 Å². The zero-order chi connectivity index (χ0) is 12.1. The fraction of sp³-hybridized carbons (Fsp3) is 0.467. The van der Waals surface area contributed by atoms with E-state index in [1.165, 1.54) is 29.5 Å². The smallest absolute Gasteiger partial charge is 0.0203 e. The number of nitrogens with zero attached hydrogens (tertiary/aromatic N) is 1. The van der Waals surface area contributed by atoms with Crippen LogP contribution in [0.2, 0.25) is 0 Å². The summed E-state index contributed by atoms with van der Waals surface area (Å²) in [6.07, 6.45) is 2.34. The third kappa shape index (κ3) is 3.42. The number of fused-ring (bicyclic) bond motifs is 1. The first-order valence-electron chi connectivity index (χ1n) is 6.40. The largest absolute Gasteiger partial charge is 0.316 e. The van der Waals surface area contributed by atoms with Gasteiger partial charge in [0.1, 0.15) is 0 Å².